The lowest BCUT2D eigenvalue weighted by Gasteiger charge is -2.27. The lowest BCUT2D eigenvalue weighted by atomic mass is 9.93. The first-order valence-electron chi connectivity index (χ1n) is 8.86. The maximum Gasteiger partial charge on any atom is 0.342 e. The van der Waals surface area contributed by atoms with Gasteiger partial charge in [0, 0.05) is 17.7 Å². The number of aromatic hydroxyl groups is 1. The average molecular weight is 387 g/mol. The number of benzene rings is 1. The fourth-order valence-corrected chi connectivity index (χ4v) is 3.56. The fourth-order valence-electron chi connectivity index (χ4n) is 3.56. The number of anilines is 1. The number of aromatic nitrogens is 1. The minimum absolute atomic E-state index is 0.0147. The third kappa shape index (κ3) is 3.70. The van der Waals surface area contributed by atoms with Crippen molar-refractivity contribution >= 4 is 17.8 Å². The molecule has 0 spiro atoms. The van der Waals surface area contributed by atoms with Crippen LogP contribution in [0.3, 0.4) is 0 Å². The maximum absolute atomic E-state index is 12.2. The molecular weight excluding hydrogens is 366 g/mol. The van der Waals surface area contributed by atoms with Gasteiger partial charge in [-0.05, 0) is 43.6 Å². The van der Waals surface area contributed by atoms with Gasteiger partial charge in [-0.25, -0.2) is 9.59 Å². The largest absolute Gasteiger partial charge is 0.508 e. The number of pyridine rings is 1. The second-order valence-electron chi connectivity index (χ2n) is 6.78. The van der Waals surface area contributed by atoms with E-state index >= 15 is 0 Å². The van der Waals surface area contributed by atoms with Crippen LogP contribution in [-0.2, 0) is 6.54 Å². The summed E-state index contributed by atoms with van der Waals surface area (Å²) < 4.78 is 0. The SMILES string of the molecule is Nc1[nH]c(=O)c(C(=O)O)c(-c2ccc(O)c(CN3CCCCC3)c2)c1C(=O)O. The predicted octanol–water partition coefficient (Wildman–Crippen LogP) is 1.71. The summed E-state index contributed by atoms with van der Waals surface area (Å²) >= 11 is 0. The molecule has 0 amide bonds. The van der Waals surface area contributed by atoms with Gasteiger partial charge in [-0.2, -0.15) is 0 Å². The predicted molar refractivity (Wildman–Crippen MR) is 102 cm³/mol. The number of nitrogens with zero attached hydrogens (tertiary/aromatic N) is 1. The summed E-state index contributed by atoms with van der Waals surface area (Å²) in [4.78, 5) is 39.8. The van der Waals surface area contributed by atoms with Gasteiger partial charge < -0.3 is 26.0 Å². The van der Waals surface area contributed by atoms with E-state index in [1.807, 2.05) is 0 Å². The molecule has 1 aliphatic heterocycles. The number of rotatable bonds is 5. The molecule has 0 bridgehead atoms. The standard InChI is InChI=1S/C19H21N3O6/c20-16-14(18(25)26)13(15(19(27)28)17(24)21-16)10-4-5-12(23)11(8-10)9-22-6-2-1-3-7-22/h4-5,8,23H,1-3,6-7,9H2,(H,25,26)(H,27,28)(H3,20,21,24). The molecule has 0 unspecified atom stereocenters. The second-order valence-corrected chi connectivity index (χ2v) is 6.78. The number of nitrogens with one attached hydrogen (secondary N) is 1. The highest BCUT2D eigenvalue weighted by atomic mass is 16.4. The highest BCUT2D eigenvalue weighted by Crippen LogP contribution is 2.33. The third-order valence-electron chi connectivity index (χ3n) is 4.88. The molecule has 1 fully saturated rings. The van der Waals surface area contributed by atoms with Crippen molar-refractivity contribution in [3.63, 3.8) is 0 Å². The molecule has 9 heteroatoms. The number of aromatic carboxylic acids is 2. The number of piperidine rings is 1. The van der Waals surface area contributed by atoms with Crippen molar-refractivity contribution in [2.24, 2.45) is 0 Å². The van der Waals surface area contributed by atoms with Gasteiger partial charge >= 0.3 is 11.9 Å². The third-order valence-corrected chi connectivity index (χ3v) is 4.88. The minimum Gasteiger partial charge on any atom is -0.508 e. The monoisotopic (exact) mass is 387 g/mol. The van der Waals surface area contributed by atoms with Crippen LogP contribution >= 0.6 is 0 Å². The van der Waals surface area contributed by atoms with Gasteiger partial charge in [-0.15, -0.1) is 0 Å². The van der Waals surface area contributed by atoms with Crippen LogP contribution in [0.2, 0.25) is 0 Å². The topological polar surface area (TPSA) is 157 Å². The summed E-state index contributed by atoms with van der Waals surface area (Å²) in [6.07, 6.45) is 3.26. The van der Waals surface area contributed by atoms with Crippen LogP contribution in [0.5, 0.6) is 5.75 Å². The Bertz CT molecular complexity index is 992. The Morgan fingerprint density at radius 1 is 1.07 bits per heavy atom. The molecule has 2 aromatic rings. The highest BCUT2D eigenvalue weighted by Gasteiger charge is 2.27. The van der Waals surface area contributed by atoms with Crippen molar-refractivity contribution in [3.05, 3.63) is 45.2 Å². The first kappa shape index (κ1) is 19.4. The number of phenolic OH excluding ortho intramolecular Hbond substituents is 1. The molecule has 1 aromatic carbocycles. The van der Waals surface area contributed by atoms with E-state index in [-0.39, 0.29) is 16.9 Å². The number of carboxylic acids is 2. The number of phenols is 1. The van der Waals surface area contributed by atoms with Crippen LogP contribution in [0.25, 0.3) is 11.1 Å². The summed E-state index contributed by atoms with van der Waals surface area (Å²) in [6.45, 7) is 2.19. The quantitative estimate of drug-likeness (QED) is 0.519. The fraction of sp³-hybridized carbons (Fsp3) is 0.316. The van der Waals surface area contributed by atoms with Crippen LogP contribution < -0.4 is 11.3 Å². The van der Waals surface area contributed by atoms with E-state index in [1.54, 1.807) is 0 Å². The summed E-state index contributed by atoms with van der Waals surface area (Å²) in [5.74, 6) is -3.44. The number of nitrogens with two attached hydrogens (primary N) is 1. The maximum atomic E-state index is 12.2. The Balaban J connectivity index is 2.17. The zero-order chi connectivity index (χ0) is 20.4. The number of carboxylic acid groups (broad SMARTS) is 2. The van der Waals surface area contributed by atoms with E-state index in [2.05, 4.69) is 9.88 Å². The molecule has 148 valence electrons. The summed E-state index contributed by atoms with van der Waals surface area (Å²) in [7, 11) is 0. The van der Waals surface area contributed by atoms with Crippen molar-refractivity contribution in [1.29, 1.82) is 0 Å². The Kier molecular flexibility index (Phi) is 5.36. The van der Waals surface area contributed by atoms with Gasteiger partial charge in [0.05, 0.1) is 0 Å². The lowest BCUT2D eigenvalue weighted by Crippen LogP contribution is -2.29. The van der Waals surface area contributed by atoms with Crippen LogP contribution in [0, 0.1) is 0 Å². The van der Waals surface area contributed by atoms with Crippen molar-refractivity contribution in [2.45, 2.75) is 25.8 Å². The highest BCUT2D eigenvalue weighted by molar-refractivity contribution is 6.07. The molecule has 2 heterocycles. The summed E-state index contributed by atoms with van der Waals surface area (Å²) in [5.41, 5.74) is 3.90. The molecular formula is C19H21N3O6. The number of carbonyl (C=O) groups is 2. The van der Waals surface area contributed by atoms with Gasteiger partial charge in [0.1, 0.15) is 22.7 Å². The molecule has 0 radical (unpaired) electrons. The van der Waals surface area contributed by atoms with Crippen LogP contribution in [0.4, 0.5) is 5.82 Å². The Labute approximate surface area is 160 Å². The van der Waals surface area contributed by atoms with E-state index in [9.17, 15) is 29.7 Å². The zero-order valence-corrected chi connectivity index (χ0v) is 15.1. The van der Waals surface area contributed by atoms with E-state index < -0.39 is 34.4 Å². The van der Waals surface area contributed by atoms with E-state index in [0.29, 0.717) is 12.1 Å². The Hall–Kier alpha value is -3.33. The van der Waals surface area contributed by atoms with Gasteiger partial charge in [0.25, 0.3) is 5.56 Å². The van der Waals surface area contributed by atoms with Gasteiger partial charge in [-0.1, -0.05) is 12.5 Å². The molecule has 0 atom stereocenters. The summed E-state index contributed by atoms with van der Waals surface area (Å²) in [6, 6.07) is 4.25. The minimum atomic E-state index is -1.57. The molecule has 0 saturated carbocycles. The van der Waals surface area contributed by atoms with E-state index in [1.165, 1.54) is 18.2 Å². The average Bonchev–Trinajstić information content (AvgIpc) is 2.63. The number of aromatic amines is 1. The zero-order valence-electron chi connectivity index (χ0n) is 15.1. The molecule has 1 aliphatic rings. The van der Waals surface area contributed by atoms with E-state index in [0.717, 1.165) is 32.4 Å². The first-order chi connectivity index (χ1) is 13.3. The Morgan fingerprint density at radius 3 is 2.32 bits per heavy atom. The smallest absolute Gasteiger partial charge is 0.342 e. The van der Waals surface area contributed by atoms with Gasteiger partial charge in [0.2, 0.25) is 0 Å². The van der Waals surface area contributed by atoms with Crippen molar-refractivity contribution < 1.29 is 24.9 Å². The molecule has 6 N–H and O–H groups in total. The molecule has 28 heavy (non-hydrogen) atoms. The first-order valence-corrected chi connectivity index (χ1v) is 8.86. The Morgan fingerprint density at radius 2 is 1.71 bits per heavy atom. The van der Waals surface area contributed by atoms with Crippen LogP contribution in [0.15, 0.2) is 23.0 Å². The van der Waals surface area contributed by atoms with Crippen molar-refractivity contribution in [3.8, 4) is 16.9 Å². The number of nitrogen functional groups attached to an aromatic ring is 1. The molecule has 1 saturated heterocycles. The lowest BCUT2D eigenvalue weighted by molar-refractivity contribution is 0.0695. The van der Waals surface area contributed by atoms with Crippen LogP contribution in [0.1, 0.15) is 45.5 Å². The molecule has 3 rings (SSSR count). The van der Waals surface area contributed by atoms with Crippen molar-refractivity contribution in [2.75, 3.05) is 18.8 Å². The van der Waals surface area contributed by atoms with E-state index in [4.69, 9.17) is 5.73 Å². The second kappa shape index (κ2) is 7.73. The normalized spacial score (nSPS) is 14.7. The van der Waals surface area contributed by atoms with Gasteiger partial charge in [0.15, 0.2) is 0 Å². The molecule has 9 nitrogen and oxygen atoms in total. The number of hydrogen-bond donors (Lipinski definition) is 5. The van der Waals surface area contributed by atoms with Gasteiger partial charge in [-0.3, -0.25) is 9.69 Å². The van der Waals surface area contributed by atoms with Crippen LogP contribution in [-0.4, -0.2) is 50.2 Å². The molecule has 1 aromatic heterocycles. The number of likely N-dealkylation sites (tertiary alicyclic amines) is 1. The summed E-state index contributed by atoms with van der Waals surface area (Å²) in [5, 5.41) is 29.2. The van der Waals surface area contributed by atoms with Crippen molar-refractivity contribution in [1.82, 2.24) is 9.88 Å². The molecule has 0 aliphatic carbocycles. The number of H-pyrrole nitrogens is 1. The number of hydrogen-bond acceptors (Lipinski definition) is 6.